The molecule has 7 heteroatoms. The highest BCUT2D eigenvalue weighted by molar-refractivity contribution is 6.46. The summed E-state index contributed by atoms with van der Waals surface area (Å²) in [6.07, 6.45) is 1.60. The normalized spacial score (nSPS) is 17.1. The zero-order chi connectivity index (χ0) is 24.9. The molecule has 1 aromatic heterocycles. The fourth-order valence-electron chi connectivity index (χ4n) is 4.06. The van der Waals surface area contributed by atoms with Crippen LogP contribution in [0.15, 0.2) is 78.5 Å². The van der Waals surface area contributed by atoms with E-state index in [1.165, 1.54) is 4.90 Å². The van der Waals surface area contributed by atoms with E-state index in [-0.39, 0.29) is 17.9 Å². The van der Waals surface area contributed by atoms with Gasteiger partial charge in [0.1, 0.15) is 23.3 Å². The maximum atomic E-state index is 13.3. The molecular weight excluding hydrogens is 444 g/mol. The van der Waals surface area contributed by atoms with Crippen LogP contribution in [0.5, 0.6) is 11.5 Å². The molecule has 7 nitrogen and oxygen atoms in total. The number of nitrogens with zero attached hydrogens (tertiary/aromatic N) is 2. The van der Waals surface area contributed by atoms with E-state index in [4.69, 9.17) is 9.47 Å². The number of benzene rings is 2. The first-order valence-corrected chi connectivity index (χ1v) is 11.4. The molecule has 0 aliphatic carbocycles. The fourth-order valence-corrected chi connectivity index (χ4v) is 4.06. The average Bonchev–Trinajstić information content (AvgIpc) is 3.13. The molecule has 1 atom stereocenters. The number of para-hydroxylation sites is 1. The molecule has 1 aliphatic rings. The highest BCUT2D eigenvalue weighted by Gasteiger charge is 2.47. The summed E-state index contributed by atoms with van der Waals surface area (Å²) in [4.78, 5) is 32.3. The first-order valence-electron chi connectivity index (χ1n) is 11.4. The predicted molar refractivity (Wildman–Crippen MR) is 132 cm³/mol. The Morgan fingerprint density at radius 3 is 2.54 bits per heavy atom. The number of methoxy groups -OCH3 is 1. The second kappa shape index (κ2) is 10.4. The highest BCUT2D eigenvalue weighted by atomic mass is 16.5. The van der Waals surface area contributed by atoms with Gasteiger partial charge in [-0.25, -0.2) is 0 Å². The molecule has 180 valence electrons. The maximum Gasteiger partial charge on any atom is 0.296 e. The van der Waals surface area contributed by atoms with Gasteiger partial charge in [0.15, 0.2) is 0 Å². The Hall–Kier alpha value is -4.13. The quantitative estimate of drug-likeness (QED) is 0.289. The van der Waals surface area contributed by atoms with E-state index in [0.29, 0.717) is 35.3 Å². The van der Waals surface area contributed by atoms with Gasteiger partial charge in [-0.1, -0.05) is 50.2 Å². The van der Waals surface area contributed by atoms with Crippen molar-refractivity contribution in [2.75, 3.05) is 13.7 Å². The standard InChI is InChI=1S/C28H28N2O5/c1-18(2)17-35-21-11-8-10-19(15-21)26(31)24-25(22-12-6-7-14-29-22)30(28(33)27(24)32)16-20-9-4-5-13-23(20)34-3/h4-15,18,25,31H,16-17H2,1-3H3/b26-24-. The number of aliphatic hydroxyl groups is 1. The molecule has 1 saturated heterocycles. The minimum Gasteiger partial charge on any atom is -0.507 e. The molecule has 1 fully saturated rings. The minimum atomic E-state index is -0.860. The number of carbonyl (C=O) groups is 2. The molecule has 2 aromatic carbocycles. The number of ether oxygens (including phenoxy) is 2. The highest BCUT2D eigenvalue weighted by Crippen LogP contribution is 2.40. The lowest BCUT2D eigenvalue weighted by atomic mass is 9.98. The summed E-state index contributed by atoms with van der Waals surface area (Å²) >= 11 is 0. The molecule has 4 rings (SSSR count). The lowest BCUT2D eigenvalue weighted by Gasteiger charge is -2.25. The summed E-state index contributed by atoms with van der Waals surface area (Å²) in [6.45, 7) is 4.71. The van der Waals surface area contributed by atoms with Crippen molar-refractivity contribution in [2.24, 2.45) is 5.92 Å². The number of pyridine rings is 1. The van der Waals surface area contributed by atoms with Crippen LogP contribution in [0.3, 0.4) is 0 Å². The van der Waals surface area contributed by atoms with Crippen LogP contribution in [0, 0.1) is 5.92 Å². The smallest absolute Gasteiger partial charge is 0.296 e. The van der Waals surface area contributed by atoms with Crippen molar-refractivity contribution in [1.29, 1.82) is 0 Å². The van der Waals surface area contributed by atoms with Gasteiger partial charge in [0.25, 0.3) is 11.7 Å². The number of aromatic nitrogens is 1. The monoisotopic (exact) mass is 472 g/mol. The summed E-state index contributed by atoms with van der Waals surface area (Å²) in [6, 6.07) is 18.6. The van der Waals surface area contributed by atoms with Crippen LogP contribution in [-0.2, 0) is 16.1 Å². The number of carbonyl (C=O) groups excluding carboxylic acids is 2. The average molecular weight is 473 g/mol. The van der Waals surface area contributed by atoms with Crippen LogP contribution >= 0.6 is 0 Å². The molecule has 0 spiro atoms. The molecule has 1 aliphatic heterocycles. The molecule has 3 aromatic rings. The summed E-state index contributed by atoms with van der Waals surface area (Å²) in [5.41, 5.74) is 1.60. The number of likely N-dealkylation sites (tertiary alicyclic amines) is 1. The van der Waals surface area contributed by atoms with Crippen molar-refractivity contribution >= 4 is 17.4 Å². The lowest BCUT2D eigenvalue weighted by Crippen LogP contribution is -2.29. The fraction of sp³-hybridized carbons (Fsp3) is 0.250. The Bertz CT molecular complexity index is 1250. The van der Waals surface area contributed by atoms with Crippen molar-refractivity contribution in [1.82, 2.24) is 9.88 Å². The van der Waals surface area contributed by atoms with Gasteiger partial charge in [-0.05, 0) is 36.2 Å². The zero-order valence-corrected chi connectivity index (χ0v) is 20.0. The van der Waals surface area contributed by atoms with E-state index in [0.717, 1.165) is 5.56 Å². The molecule has 1 amide bonds. The van der Waals surface area contributed by atoms with Crippen molar-refractivity contribution in [2.45, 2.75) is 26.4 Å². The Kier molecular flexibility index (Phi) is 7.15. The largest absolute Gasteiger partial charge is 0.507 e. The second-order valence-electron chi connectivity index (χ2n) is 8.73. The van der Waals surface area contributed by atoms with E-state index in [1.54, 1.807) is 61.8 Å². The van der Waals surface area contributed by atoms with Crippen LogP contribution in [-0.4, -0.2) is 40.4 Å². The number of amides is 1. The molecule has 35 heavy (non-hydrogen) atoms. The number of Topliss-reactive ketones (excluding diaryl/α,β-unsaturated/α-hetero) is 1. The van der Waals surface area contributed by atoms with Gasteiger partial charge in [0, 0.05) is 17.3 Å². The molecule has 0 radical (unpaired) electrons. The third kappa shape index (κ3) is 5.04. The van der Waals surface area contributed by atoms with Gasteiger partial charge in [-0.15, -0.1) is 0 Å². The first kappa shape index (κ1) is 24.0. The topological polar surface area (TPSA) is 89.0 Å². The van der Waals surface area contributed by atoms with Gasteiger partial charge in [0.05, 0.1) is 31.5 Å². The van der Waals surface area contributed by atoms with Gasteiger partial charge >= 0.3 is 0 Å². The molecule has 2 heterocycles. The molecule has 1 unspecified atom stereocenters. The predicted octanol–water partition coefficient (Wildman–Crippen LogP) is 4.75. The summed E-state index contributed by atoms with van der Waals surface area (Å²) in [7, 11) is 1.55. The van der Waals surface area contributed by atoms with Crippen LogP contribution in [0.2, 0.25) is 0 Å². The third-order valence-electron chi connectivity index (χ3n) is 5.73. The van der Waals surface area contributed by atoms with E-state index in [9.17, 15) is 14.7 Å². The van der Waals surface area contributed by atoms with Crippen LogP contribution in [0.25, 0.3) is 5.76 Å². The number of hydrogen-bond acceptors (Lipinski definition) is 6. The van der Waals surface area contributed by atoms with Crippen LogP contribution in [0.4, 0.5) is 0 Å². The SMILES string of the molecule is COc1ccccc1CN1C(=O)C(=O)/C(=C(\O)c2cccc(OCC(C)C)c2)C1c1ccccn1. The number of hydrogen-bond donors (Lipinski definition) is 1. The third-order valence-corrected chi connectivity index (χ3v) is 5.73. The Morgan fingerprint density at radius 1 is 1.06 bits per heavy atom. The molecule has 0 saturated carbocycles. The lowest BCUT2D eigenvalue weighted by molar-refractivity contribution is -0.140. The van der Waals surface area contributed by atoms with Crippen molar-refractivity contribution in [3.8, 4) is 11.5 Å². The van der Waals surface area contributed by atoms with E-state index in [1.807, 2.05) is 32.0 Å². The van der Waals surface area contributed by atoms with Crippen molar-refractivity contribution in [3.63, 3.8) is 0 Å². The van der Waals surface area contributed by atoms with E-state index < -0.39 is 17.7 Å². The van der Waals surface area contributed by atoms with Crippen molar-refractivity contribution < 1.29 is 24.2 Å². The van der Waals surface area contributed by atoms with Gasteiger partial charge in [-0.2, -0.15) is 0 Å². The molecule has 0 bridgehead atoms. The number of ketones is 1. The van der Waals surface area contributed by atoms with E-state index in [2.05, 4.69) is 4.98 Å². The Balaban J connectivity index is 1.80. The zero-order valence-electron chi connectivity index (χ0n) is 20.0. The van der Waals surface area contributed by atoms with E-state index >= 15 is 0 Å². The number of rotatable bonds is 8. The Labute approximate surface area is 204 Å². The van der Waals surface area contributed by atoms with Gasteiger partial charge in [0.2, 0.25) is 0 Å². The molecule has 1 N–H and O–H groups in total. The maximum absolute atomic E-state index is 13.3. The summed E-state index contributed by atoms with van der Waals surface area (Å²) in [5, 5.41) is 11.3. The van der Waals surface area contributed by atoms with Gasteiger partial charge < -0.3 is 19.5 Å². The van der Waals surface area contributed by atoms with Crippen molar-refractivity contribution in [3.05, 3.63) is 95.3 Å². The van der Waals surface area contributed by atoms with Crippen LogP contribution < -0.4 is 9.47 Å². The van der Waals surface area contributed by atoms with Gasteiger partial charge in [-0.3, -0.25) is 14.6 Å². The minimum absolute atomic E-state index is 0.00962. The number of aliphatic hydroxyl groups excluding tert-OH is 1. The Morgan fingerprint density at radius 2 is 1.83 bits per heavy atom. The molecular formula is C28H28N2O5. The second-order valence-corrected chi connectivity index (χ2v) is 8.73. The summed E-state index contributed by atoms with van der Waals surface area (Å²) in [5.74, 6) is -0.236. The van der Waals surface area contributed by atoms with Crippen LogP contribution in [0.1, 0.15) is 36.7 Å². The summed E-state index contributed by atoms with van der Waals surface area (Å²) < 4.78 is 11.2. The first-order chi connectivity index (χ1) is 16.9.